The Morgan fingerprint density at radius 1 is 1.14 bits per heavy atom. The number of rotatable bonds is 4. The topological polar surface area (TPSA) is 86.7 Å². The largest absolute Gasteiger partial charge is 0.478 e. The third-order valence-electron chi connectivity index (χ3n) is 4.04. The predicted octanol–water partition coefficient (Wildman–Crippen LogP) is 2.16. The van der Waals surface area contributed by atoms with E-state index in [1.54, 1.807) is 4.90 Å². The van der Waals surface area contributed by atoms with E-state index in [2.05, 4.69) is 12.2 Å². The fourth-order valence-corrected chi connectivity index (χ4v) is 2.43. The monoisotopic (exact) mass is 296 g/mol. The van der Waals surface area contributed by atoms with Crippen LogP contribution < -0.4 is 5.32 Å². The standard InChI is InChI=1S/C15H24N2O4/c1-4-5-12-6-8-17(9-7-12)15(21)16-13(18)10(2)11(3)14(19)20/h12H,4-9H2,1-3H3,(H,19,20)(H,16,18,21). The van der Waals surface area contributed by atoms with Crippen LogP contribution in [-0.2, 0) is 9.59 Å². The second-order valence-corrected chi connectivity index (χ2v) is 5.53. The van der Waals surface area contributed by atoms with E-state index in [1.165, 1.54) is 20.3 Å². The molecular formula is C15H24N2O4. The van der Waals surface area contributed by atoms with Crippen LogP contribution in [-0.4, -0.2) is 41.0 Å². The predicted molar refractivity (Wildman–Crippen MR) is 78.8 cm³/mol. The molecule has 1 rings (SSSR count). The van der Waals surface area contributed by atoms with Crippen molar-refractivity contribution < 1.29 is 19.5 Å². The van der Waals surface area contributed by atoms with Gasteiger partial charge >= 0.3 is 12.0 Å². The van der Waals surface area contributed by atoms with Crippen LogP contribution in [0, 0.1) is 5.92 Å². The van der Waals surface area contributed by atoms with E-state index >= 15 is 0 Å². The van der Waals surface area contributed by atoms with E-state index in [9.17, 15) is 14.4 Å². The third kappa shape index (κ3) is 4.88. The summed E-state index contributed by atoms with van der Waals surface area (Å²) in [5, 5.41) is 11.1. The molecule has 21 heavy (non-hydrogen) atoms. The minimum atomic E-state index is -1.16. The fraction of sp³-hybridized carbons (Fsp3) is 0.667. The van der Waals surface area contributed by atoms with E-state index in [0.717, 1.165) is 19.3 Å². The molecule has 1 aliphatic rings. The van der Waals surface area contributed by atoms with Gasteiger partial charge in [-0.05, 0) is 32.6 Å². The third-order valence-corrected chi connectivity index (χ3v) is 4.04. The Kier molecular flexibility index (Phi) is 6.39. The van der Waals surface area contributed by atoms with Gasteiger partial charge in [-0.3, -0.25) is 10.1 Å². The van der Waals surface area contributed by atoms with Gasteiger partial charge in [0.2, 0.25) is 0 Å². The second kappa shape index (κ2) is 7.81. The normalized spacial score (nSPS) is 17.2. The fourth-order valence-electron chi connectivity index (χ4n) is 2.43. The van der Waals surface area contributed by atoms with Crippen molar-refractivity contribution in [3.8, 4) is 0 Å². The first-order chi connectivity index (χ1) is 9.86. The SMILES string of the molecule is CCCC1CCN(C(=O)NC(=O)C(C)=C(C)C(=O)O)CC1. The summed E-state index contributed by atoms with van der Waals surface area (Å²) >= 11 is 0. The minimum absolute atomic E-state index is 0.0525. The Morgan fingerprint density at radius 2 is 1.71 bits per heavy atom. The average Bonchev–Trinajstić information content (AvgIpc) is 2.46. The highest BCUT2D eigenvalue weighted by atomic mass is 16.4. The highest BCUT2D eigenvalue weighted by Crippen LogP contribution is 2.21. The van der Waals surface area contributed by atoms with Crippen LogP contribution in [0.25, 0.3) is 0 Å². The van der Waals surface area contributed by atoms with Crippen molar-refractivity contribution in [3.05, 3.63) is 11.1 Å². The number of carbonyl (C=O) groups excluding carboxylic acids is 2. The first-order valence-corrected chi connectivity index (χ1v) is 7.37. The number of nitrogens with one attached hydrogen (secondary N) is 1. The molecule has 1 saturated heterocycles. The zero-order chi connectivity index (χ0) is 16.0. The van der Waals surface area contributed by atoms with Gasteiger partial charge in [-0.2, -0.15) is 0 Å². The van der Waals surface area contributed by atoms with Crippen molar-refractivity contribution in [1.82, 2.24) is 10.2 Å². The van der Waals surface area contributed by atoms with Crippen LogP contribution in [0.1, 0.15) is 46.5 Å². The molecule has 0 radical (unpaired) electrons. The number of carbonyl (C=O) groups is 3. The number of hydrogen-bond donors (Lipinski definition) is 2. The van der Waals surface area contributed by atoms with Gasteiger partial charge in [0.05, 0.1) is 0 Å². The molecule has 6 heteroatoms. The smallest absolute Gasteiger partial charge is 0.331 e. The summed E-state index contributed by atoms with van der Waals surface area (Å²) in [5.41, 5.74) is -0.00123. The maximum absolute atomic E-state index is 12.0. The van der Waals surface area contributed by atoms with E-state index in [0.29, 0.717) is 19.0 Å². The van der Waals surface area contributed by atoms with Gasteiger partial charge < -0.3 is 10.0 Å². The van der Waals surface area contributed by atoms with Gasteiger partial charge in [0.15, 0.2) is 0 Å². The number of likely N-dealkylation sites (tertiary alicyclic amines) is 1. The number of amides is 3. The van der Waals surface area contributed by atoms with Crippen LogP contribution in [0.4, 0.5) is 4.79 Å². The number of hydrogen-bond acceptors (Lipinski definition) is 3. The Labute approximate surface area is 125 Å². The molecule has 0 unspecified atom stereocenters. The van der Waals surface area contributed by atoms with Crippen LogP contribution in [0.5, 0.6) is 0 Å². The summed E-state index contributed by atoms with van der Waals surface area (Å²) in [6, 6.07) is -0.438. The summed E-state index contributed by atoms with van der Waals surface area (Å²) < 4.78 is 0. The van der Waals surface area contributed by atoms with Gasteiger partial charge in [-0.25, -0.2) is 9.59 Å². The molecule has 1 heterocycles. The number of imide groups is 1. The summed E-state index contributed by atoms with van der Waals surface area (Å²) in [7, 11) is 0. The van der Waals surface area contributed by atoms with Crippen molar-refractivity contribution in [2.24, 2.45) is 5.92 Å². The minimum Gasteiger partial charge on any atom is -0.478 e. The lowest BCUT2D eigenvalue weighted by atomic mass is 9.93. The molecule has 3 amide bonds. The average molecular weight is 296 g/mol. The summed E-state index contributed by atoms with van der Waals surface area (Å²) in [6.45, 7) is 6.18. The van der Waals surface area contributed by atoms with Crippen LogP contribution in [0.15, 0.2) is 11.1 Å². The molecule has 0 bridgehead atoms. The molecule has 6 nitrogen and oxygen atoms in total. The van der Waals surface area contributed by atoms with E-state index in [1.807, 2.05) is 0 Å². The van der Waals surface area contributed by atoms with Gasteiger partial charge in [0.1, 0.15) is 0 Å². The molecule has 0 aromatic heterocycles. The summed E-state index contributed by atoms with van der Waals surface area (Å²) in [4.78, 5) is 36.2. The molecule has 118 valence electrons. The van der Waals surface area contributed by atoms with Gasteiger partial charge in [-0.1, -0.05) is 19.8 Å². The molecule has 1 fully saturated rings. The highest BCUT2D eigenvalue weighted by Gasteiger charge is 2.24. The Morgan fingerprint density at radius 3 is 2.19 bits per heavy atom. The molecule has 0 saturated carbocycles. The first kappa shape index (κ1) is 17.2. The van der Waals surface area contributed by atoms with E-state index < -0.39 is 17.9 Å². The number of piperidine rings is 1. The molecule has 0 aromatic carbocycles. The van der Waals surface area contributed by atoms with Gasteiger partial charge in [-0.15, -0.1) is 0 Å². The second-order valence-electron chi connectivity index (χ2n) is 5.53. The summed E-state index contributed by atoms with van der Waals surface area (Å²) in [6.07, 6.45) is 4.23. The zero-order valence-electron chi connectivity index (χ0n) is 12.9. The molecule has 0 spiro atoms. The lowest BCUT2D eigenvalue weighted by Gasteiger charge is -2.31. The zero-order valence-corrected chi connectivity index (χ0v) is 12.9. The van der Waals surface area contributed by atoms with Gasteiger partial charge in [0, 0.05) is 24.2 Å². The Bertz CT molecular complexity index is 449. The van der Waals surface area contributed by atoms with Crippen LogP contribution in [0.3, 0.4) is 0 Å². The maximum Gasteiger partial charge on any atom is 0.331 e. The van der Waals surface area contributed by atoms with Crippen LogP contribution in [0.2, 0.25) is 0 Å². The van der Waals surface area contributed by atoms with E-state index in [4.69, 9.17) is 5.11 Å². The lowest BCUT2D eigenvalue weighted by Crippen LogP contribution is -2.46. The Balaban J connectivity index is 2.53. The lowest BCUT2D eigenvalue weighted by molar-refractivity contribution is -0.133. The maximum atomic E-state index is 12.0. The van der Waals surface area contributed by atoms with Crippen molar-refractivity contribution in [1.29, 1.82) is 0 Å². The number of carboxylic acids is 1. The molecule has 0 atom stereocenters. The van der Waals surface area contributed by atoms with Crippen molar-refractivity contribution in [3.63, 3.8) is 0 Å². The van der Waals surface area contributed by atoms with Crippen LogP contribution >= 0.6 is 0 Å². The Hall–Kier alpha value is -1.85. The van der Waals surface area contributed by atoms with Crippen molar-refractivity contribution >= 4 is 17.9 Å². The first-order valence-electron chi connectivity index (χ1n) is 7.37. The van der Waals surface area contributed by atoms with Crippen molar-refractivity contribution in [2.75, 3.05) is 13.1 Å². The molecular weight excluding hydrogens is 272 g/mol. The highest BCUT2D eigenvalue weighted by molar-refractivity contribution is 6.07. The molecule has 0 aliphatic carbocycles. The molecule has 1 aliphatic heterocycles. The number of aliphatic carboxylic acids is 1. The number of carboxylic acid groups (broad SMARTS) is 1. The number of urea groups is 1. The molecule has 0 aromatic rings. The van der Waals surface area contributed by atoms with Gasteiger partial charge in [0.25, 0.3) is 5.91 Å². The number of nitrogens with zero attached hydrogens (tertiary/aromatic N) is 1. The quantitative estimate of drug-likeness (QED) is 0.778. The summed E-state index contributed by atoms with van der Waals surface area (Å²) in [5.74, 6) is -1.14. The van der Waals surface area contributed by atoms with E-state index in [-0.39, 0.29) is 11.1 Å². The molecule has 2 N–H and O–H groups in total. The van der Waals surface area contributed by atoms with Crippen molar-refractivity contribution in [2.45, 2.75) is 46.5 Å².